The number of hydrogen-bond donors (Lipinski definition) is 1. The van der Waals surface area contributed by atoms with E-state index in [1.165, 1.54) is 0 Å². The molecule has 1 aromatic rings. The van der Waals surface area contributed by atoms with E-state index >= 15 is 0 Å². The summed E-state index contributed by atoms with van der Waals surface area (Å²) in [6.07, 6.45) is 2.23. The molecule has 0 bridgehead atoms. The molecule has 1 aromatic carbocycles. The van der Waals surface area contributed by atoms with Crippen molar-refractivity contribution in [3.8, 4) is 0 Å². The van der Waals surface area contributed by atoms with E-state index in [1.54, 1.807) is 24.3 Å². The number of hydrogen-bond acceptors (Lipinski definition) is 3. The lowest BCUT2D eigenvalue weighted by molar-refractivity contribution is 0.0623. The van der Waals surface area contributed by atoms with Gasteiger partial charge in [0.05, 0.1) is 6.26 Å². The highest BCUT2D eigenvalue weighted by molar-refractivity contribution is 7.92. The average molecular weight is 310 g/mol. The van der Waals surface area contributed by atoms with Crippen LogP contribution in [-0.2, 0) is 10.0 Å². The fourth-order valence-corrected chi connectivity index (χ4v) is 3.50. The first-order valence-corrected chi connectivity index (χ1v) is 9.01. The molecule has 0 aliphatic carbocycles. The summed E-state index contributed by atoms with van der Waals surface area (Å²) >= 11 is 0. The van der Waals surface area contributed by atoms with Crippen LogP contribution in [0.4, 0.5) is 5.69 Å². The van der Waals surface area contributed by atoms with Crippen LogP contribution in [0.3, 0.4) is 0 Å². The molecule has 2 atom stereocenters. The van der Waals surface area contributed by atoms with Gasteiger partial charge in [-0.15, -0.1) is 0 Å². The number of nitrogens with zero attached hydrogens (tertiary/aromatic N) is 1. The summed E-state index contributed by atoms with van der Waals surface area (Å²) in [5.41, 5.74) is 0.936. The first-order chi connectivity index (χ1) is 9.74. The molecule has 0 spiro atoms. The quantitative estimate of drug-likeness (QED) is 0.930. The number of carbonyl (C=O) groups excluding carboxylic acids is 1. The summed E-state index contributed by atoms with van der Waals surface area (Å²) < 4.78 is 24.9. The van der Waals surface area contributed by atoms with E-state index < -0.39 is 10.0 Å². The smallest absolute Gasteiger partial charge is 0.253 e. The molecule has 1 N–H and O–H groups in total. The van der Waals surface area contributed by atoms with E-state index in [0.717, 1.165) is 25.8 Å². The van der Waals surface area contributed by atoms with Crippen molar-refractivity contribution < 1.29 is 13.2 Å². The number of sulfonamides is 1. The van der Waals surface area contributed by atoms with Crippen LogP contribution in [0.25, 0.3) is 0 Å². The summed E-state index contributed by atoms with van der Waals surface area (Å²) in [6.45, 7) is 5.81. The first kappa shape index (κ1) is 15.8. The number of carbonyl (C=O) groups is 1. The van der Waals surface area contributed by atoms with Gasteiger partial charge in [0.15, 0.2) is 0 Å². The summed E-state index contributed by atoms with van der Waals surface area (Å²) in [7, 11) is -3.34. The van der Waals surface area contributed by atoms with Gasteiger partial charge in [-0.3, -0.25) is 9.52 Å². The molecule has 116 valence electrons. The minimum Gasteiger partial charge on any atom is -0.338 e. The first-order valence-electron chi connectivity index (χ1n) is 7.11. The number of benzene rings is 1. The highest BCUT2D eigenvalue weighted by Gasteiger charge is 2.26. The van der Waals surface area contributed by atoms with Gasteiger partial charge in [0, 0.05) is 24.3 Å². The Morgan fingerprint density at radius 3 is 2.43 bits per heavy atom. The Balaban J connectivity index is 2.17. The third-order valence-electron chi connectivity index (χ3n) is 3.57. The third kappa shape index (κ3) is 4.46. The van der Waals surface area contributed by atoms with E-state index in [2.05, 4.69) is 18.6 Å². The van der Waals surface area contributed by atoms with Gasteiger partial charge in [-0.1, -0.05) is 19.9 Å². The van der Waals surface area contributed by atoms with Gasteiger partial charge >= 0.3 is 0 Å². The molecule has 2 unspecified atom stereocenters. The fourth-order valence-electron chi connectivity index (χ4n) is 2.94. The Morgan fingerprint density at radius 1 is 1.24 bits per heavy atom. The normalized spacial score (nSPS) is 22.9. The van der Waals surface area contributed by atoms with Gasteiger partial charge in [-0.2, -0.15) is 0 Å². The van der Waals surface area contributed by atoms with Crippen LogP contribution >= 0.6 is 0 Å². The molecule has 2 rings (SSSR count). The van der Waals surface area contributed by atoms with Gasteiger partial charge in [-0.25, -0.2) is 8.42 Å². The zero-order chi connectivity index (χ0) is 15.6. The van der Waals surface area contributed by atoms with Crippen LogP contribution in [0.15, 0.2) is 24.3 Å². The standard InChI is InChI=1S/C15H22N2O3S/c1-11-7-12(2)10-17(9-11)15(18)13-5-4-6-14(8-13)16-21(3,19)20/h4-6,8,11-12,16H,7,9-10H2,1-3H3. The van der Waals surface area contributed by atoms with E-state index in [1.807, 2.05) is 4.90 Å². The van der Waals surface area contributed by atoms with E-state index in [4.69, 9.17) is 0 Å². The largest absolute Gasteiger partial charge is 0.338 e. The average Bonchev–Trinajstić information content (AvgIpc) is 2.35. The third-order valence-corrected chi connectivity index (χ3v) is 4.18. The molecule has 1 saturated heterocycles. The van der Waals surface area contributed by atoms with E-state index in [0.29, 0.717) is 23.1 Å². The van der Waals surface area contributed by atoms with Crippen molar-refractivity contribution in [3.05, 3.63) is 29.8 Å². The van der Waals surface area contributed by atoms with Crippen molar-refractivity contribution in [1.82, 2.24) is 4.90 Å². The number of anilines is 1. The molecule has 0 aromatic heterocycles. The molecule has 6 heteroatoms. The minimum atomic E-state index is -3.34. The SMILES string of the molecule is CC1CC(C)CN(C(=O)c2cccc(NS(C)(=O)=O)c2)C1. The van der Waals surface area contributed by atoms with E-state index in [9.17, 15) is 13.2 Å². The van der Waals surface area contributed by atoms with Crippen LogP contribution in [0, 0.1) is 11.8 Å². The van der Waals surface area contributed by atoms with Crippen LogP contribution < -0.4 is 4.72 Å². The Morgan fingerprint density at radius 2 is 1.86 bits per heavy atom. The second-order valence-electron chi connectivity index (χ2n) is 6.11. The van der Waals surface area contributed by atoms with Gasteiger partial charge in [-0.05, 0) is 36.5 Å². The van der Waals surface area contributed by atoms with Crippen molar-refractivity contribution in [2.24, 2.45) is 11.8 Å². The van der Waals surface area contributed by atoms with Crippen molar-refractivity contribution in [2.45, 2.75) is 20.3 Å². The van der Waals surface area contributed by atoms with Crippen molar-refractivity contribution in [1.29, 1.82) is 0 Å². The van der Waals surface area contributed by atoms with E-state index in [-0.39, 0.29) is 5.91 Å². The van der Waals surface area contributed by atoms with Crippen LogP contribution in [0.1, 0.15) is 30.6 Å². The Hall–Kier alpha value is -1.56. The number of nitrogens with one attached hydrogen (secondary N) is 1. The molecule has 1 heterocycles. The van der Waals surface area contributed by atoms with Gasteiger partial charge < -0.3 is 4.90 Å². The maximum Gasteiger partial charge on any atom is 0.253 e. The molecule has 0 saturated carbocycles. The second-order valence-corrected chi connectivity index (χ2v) is 7.86. The Labute approximate surface area is 126 Å². The lowest BCUT2D eigenvalue weighted by Crippen LogP contribution is -2.42. The van der Waals surface area contributed by atoms with Gasteiger partial charge in [0.25, 0.3) is 5.91 Å². The van der Waals surface area contributed by atoms with Crippen molar-refractivity contribution in [3.63, 3.8) is 0 Å². The highest BCUT2D eigenvalue weighted by atomic mass is 32.2. The van der Waals surface area contributed by atoms with Crippen LogP contribution in [0.2, 0.25) is 0 Å². The maximum atomic E-state index is 12.6. The number of likely N-dealkylation sites (tertiary alicyclic amines) is 1. The molecular weight excluding hydrogens is 288 g/mol. The lowest BCUT2D eigenvalue weighted by atomic mass is 9.91. The number of rotatable bonds is 3. The Kier molecular flexibility index (Phi) is 4.56. The highest BCUT2D eigenvalue weighted by Crippen LogP contribution is 2.23. The van der Waals surface area contributed by atoms with Crippen LogP contribution in [0.5, 0.6) is 0 Å². The molecule has 1 fully saturated rings. The topological polar surface area (TPSA) is 66.5 Å². The number of piperidine rings is 1. The number of amides is 1. The zero-order valence-electron chi connectivity index (χ0n) is 12.7. The fraction of sp³-hybridized carbons (Fsp3) is 0.533. The molecular formula is C15H22N2O3S. The molecule has 1 aliphatic heterocycles. The van der Waals surface area contributed by atoms with Crippen LogP contribution in [-0.4, -0.2) is 38.6 Å². The summed E-state index contributed by atoms with van der Waals surface area (Å²) in [5, 5.41) is 0. The summed E-state index contributed by atoms with van der Waals surface area (Å²) in [6, 6.07) is 6.64. The lowest BCUT2D eigenvalue weighted by Gasteiger charge is -2.35. The molecule has 5 nitrogen and oxygen atoms in total. The molecule has 1 amide bonds. The summed E-state index contributed by atoms with van der Waals surface area (Å²) in [4.78, 5) is 14.4. The Bertz CT molecular complexity index is 618. The van der Waals surface area contributed by atoms with Crippen molar-refractivity contribution in [2.75, 3.05) is 24.1 Å². The maximum absolute atomic E-state index is 12.6. The van der Waals surface area contributed by atoms with Gasteiger partial charge in [0.2, 0.25) is 10.0 Å². The second kappa shape index (κ2) is 6.05. The summed E-state index contributed by atoms with van der Waals surface area (Å²) in [5.74, 6) is 0.954. The predicted molar refractivity (Wildman–Crippen MR) is 83.8 cm³/mol. The molecule has 21 heavy (non-hydrogen) atoms. The van der Waals surface area contributed by atoms with Crippen molar-refractivity contribution >= 4 is 21.6 Å². The molecule has 0 radical (unpaired) electrons. The monoisotopic (exact) mass is 310 g/mol. The minimum absolute atomic E-state index is 0.0365. The predicted octanol–water partition coefficient (Wildman–Crippen LogP) is 2.18. The molecule has 1 aliphatic rings. The zero-order valence-corrected chi connectivity index (χ0v) is 13.5. The van der Waals surface area contributed by atoms with Gasteiger partial charge in [0.1, 0.15) is 0 Å².